The fourth-order valence-corrected chi connectivity index (χ4v) is 1.24. The minimum absolute atomic E-state index is 0.0815. The standard InChI is InChI=1S/C12H9F2N3/c13-10-6-9(7-11(14)12(10)15)17-16-8-4-2-1-3-5-8/h1-7H,15H2. The lowest BCUT2D eigenvalue weighted by Crippen LogP contribution is -1.94. The van der Waals surface area contributed by atoms with Crippen molar-refractivity contribution in [2.75, 3.05) is 5.73 Å². The van der Waals surface area contributed by atoms with E-state index >= 15 is 0 Å². The van der Waals surface area contributed by atoms with Crippen molar-refractivity contribution in [2.45, 2.75) is 0 Å². The van der Waals surface area contributed by atoms with Gasteiger partial charge in [-0.2, -0.15) is 10.2 Å². The first-order valence-electron chi connectivity index (χ1n) is 4.88. The van der Waals surface area contributed by atoms with Gasteiger partial charge in [0.2, 0.25) is 0 Å². The zero-order valence-electron chi connectivity index (χ0n) is 8.77. The van der Waals surface area contributed by atoms with Gasteiger partial charge in [-0.15, -0.1) is 0 Å². The van der Waals surface area contributed by atoms with Gasteiger partial charge in [0.1, 0.15) is 5.69 Å². The first-order valence-corrected chi connectivity index (χ1v) is 4.88. The Morgan fingerprint density at radius 1 is 0.824 bits per heavy atom. The molecule has 0 aliphatic rings. The molecule has 0 aliphatic heterocycles. The topological polar surface area (TPSA) is 50.7 Å². The second kappa shape index (κ2) is 4.69. The van der Waals surface area contributed by atoms with E-state index in [1.807, 2.05) is 6.07 Å². The summed E-state index contributed by atoms with van der Waals surface area (Å²) in [6.07, 6.45) is 0. The Balaban J connectivity index is 2.28. The molecule has 0 radical (unpaired) electrons. The van der Waals surface area contributed by atoms with Gasteiger partial charge in [-0.05, 0) is 12.1 Å². The van der Waals surface area contributed by atoms with Gasteiger partial charge in [0.05, 0.1) is 11.4 Å². The SMILES string of the molecule is Nc1c(F)cc(N=Nc2ccccc2)cc1F. The summed E-state index contributed by atoms with van der Waals surface area (Å²) in [6.45, 7) is 0. The van der Waals surface area contributed by atoms with Crippen LogP contribution in [0.1, 0.15) is 0 Å². The van der Waals surface area contributed by atoms with E-state index < -0.39 is 17.3 Å². The average molecular weight is 233 g/mol. The zero-order chi connectivity index (χ0) is 12.3. The minimum atomic E-state index is -0.841. The number of rotatable bonds is 2. The summed E-state index contributed by atoms with van der Waals surface area (Å²) in [5, 5.41) is 7.57. The number of nitrogens with two attached hydrogens (primary N) is 1. The molecule has 5 heteroatoms. The maximum atomic E-state index is 13.1. The molecule has 0 saturated carbocycles. The third-order valence-electron chi connectivity index (χ3n) is 2.10. The van der Waals surface area contributed by atoms with Crippen LogP contribution >= 0.6 is 0 Å². The minimum Gasteiger partial charge on any atom is -0.394 e. The molecule has 0 heterocycles. The second-order valence-corrected chi connectivity index (χ2v) is 3.36. The molecule has 0 fully saturated rings. The van der Waals surface area contributed by atoms with Gasteiger partial charge in [-0.3, -0.25) is 0 Å². The molecule has 0 unspecified atom stereocenters. The van der Waals surface area contributed by atoms with E-state index in [2.05, 4.69) is 10.2 Å². The maximum Gasteiger partial charge on any atom is 0.151 e. The van der Waals surface area contributed by atoms with Gasteiger partial charge in [0, 0.05) is 12.1 Å². The summed E-state index contributed by atoms with van der Waals surface area (Å²) in [7, 11) is 0. The maximum absolute atomic E-state index is 13.1. The average Bonchev–Trinajstić information content (AvgIpc) is 2.34. The Morgan fingerprint density at radius 3 is 1.94 bits per heavy atom. The zero-order valence-corrected chi connectivity index (χ0v) is 8.77. The molecule has 2 rings (SSSR count). The van der Waals surface area contributed by atoms with Gasteiger partial charge in [-0.1, -0.05) is 18.2 Å². The molecule has 0 amide bonds. The summed E-state index contributed by atoms with van der Waals surface area (Å²) in [6, 6.07) is 10.9. The van der Waals surface area contributed by atoms with E-state index in [1.54, 1.807) is 24.3 Å². The van der Waals surface area contributed by atoms with E-state index in [1.165, 1.54) is 0 Å². The summed E-state index contributed by atoms with van der Waals surface area (Å²) in [5.41, 5.74) is 5.31. The first-order chi connectivity index (χ1) is 8.16. The van der Waals surface area contributed by atoms with E-state index in [4.69, 9.17) is 5.73 Å². The van der Waals surface area contributed by atoms with Gasteiger partial charge >= 0.3 is 0 Å². The highest BCUT2D eigenvalue weighted by molar-refractivity contribution is 5.50. The van der Waals surface area contributed by atoms with E-state index in [9.17, 15) is 8.78 Å². The predicted octanol–water partition coefficient (Wildman–Crippen LogP) is 3.96. The lowest BCUT2D eigenvalue weighted by molar-refractivity contribution is 0.592. The van der Waals surface area contributed by atoms with Crippen LogP contribution in [0.4, 0.5) is 25.8 Å². The van der Waals surface area contributed by atoms with Gasteiger partial charge in [-0.25, -0.2) is 8.78 Å². The number of hydrogen-bond acceptors (Lipinski definition) is 3. The number of anilines is 1. The van der Waals surface area contributed by atoms with Crippen LogP contribution in [0.5, 0.6) is 0 Å². The van der Waals surface area contributed by atoms with Crippen LogP contribution in [-0.4, -0.2) is 0 Å². The normalized spacial score (nSPS) is 10.9. The fraction of sp³-hybridized carbons (Fsp3) is 0. The molecule has 0 spiro atoms. The van der Waals surface area contributed by atoms with Gasteiger partial charge in [0.25, 0.3) is 0 Å². The highest BCUT2D eigenvalue weighted by Crippen LogP contribution is 2.24. The smallest absolute Gasteiger partial charge is 0.151 e. The van der Waals surface area contributed by atoms with Crippen LogP contribution in [0.15, 0.2) is 52.7 Å². The summed E-state index contributed by atoms with van der Waals surface area (Å²) >= 11 is 0. The molecule has 0 saturated heterocycles. The molecule has 0 bridgehead atoms. The highest BCUT2D eigenvalue weighted by Gasteiger charge is 2.06. The van der Waals surface area contributed by atoms with E-state index in [-0.39, 0.29) is 5.69 Å². The quantitative estimate of drug-likeness (QED) is 0.619. The Hall–Kier alpha value is -2.30. The predicted molar refractivity (Wildman–Crippen MR) is 61.4 cm³/mol. The molecule has 3 nitrogen and oxygen atoms in total. The third-order valence-corrected chi connectivity index (χ3v) is 2.10. The van der Waals surface area contributed by atoms with Crippen molar-refractivity contribution < 1.29 is 8.78 Å². The van der Waals surface area contributed by atoms with Crippen molar-refractivity contribution in [3.63, 3.8) is 0 Å². The van der Waals surface area contributed by atoms with Crippen LogP contribution in [0, 0.1) is 11.6 Å². The monoisotopic (exact) mass is 233 g/mol. The van der Waals surface area contributed by atoms with Gasteiger partial charge in [0.15, 0.2) is 11.6 Å². The Kier molecular flexibility index (Phi) is 3.09. The molecule has 0 aromatic heterocycles. The molecular weight excluding hydrogens is 224 g/mol. The molecular formula is C12H9F2N3. The number of nitrogen functional groups attached to an aromatic ring is 1. The van der Waals surface area contributed by atoms with Crippen molar-refractivity contribution in [3.05, 3.63) is 54.1 Å². The number of halogens is 2. The van der Waals surface area contributed by atoms with Crippen LogP contribution in [0.25, 0.3) is 0 Å². The molecule has 0 atom stereocenters. The van der Waals surface area contributed by atoms with Crippen LogP contribution in [0.3, 0.4) is 0 Å². The van der Waals surface area contributed by atoms with Crippen LogP contribution < -0.4 is 5.73 Å². The molecule has 2 aromatic carbocycles. The van der Waals surface area contributed by atoms with Gasteiger partial charge < -0.3 is 5.73 Å². The van der Waals surface area contributed by atoms with Crippen molar-refractivity contribution in [3.8, 4) is 0 Å². The molecule has 2 aromatic rings. The lowest BCUT2D eigenvalue weighted by atomic mass is 10.2. The molecule has 0 aliphatic carbocycles. The van der Waals surface area contributed by atoms with Crippen molar-refractivity contribution in [1.82, 2.24) is 0 Å². The number of benzene rings is 2. The van der Waals surface area contributed by atoms with Crippen LogP contribution in [-0.2, 0) is 0 Å². The number of nitrogens with zero attached hydrogens (tertiary/aromatic N) is 2. The van der Waals surface area contributed by atoms with E-state index in [0.29, 0.717) is 5.69 Å². The van der Waals surface area contributed by atoms with Crippen LogP contribution in [0.2, 0.25) is 0 Å². The Labute approximate surface area is 96.6 Å². The molecule has 2 N–H and O–H groups in total. The van der Waals surface area contributed by atoms with E-state index in [0.717, 1.165) is 12.1 Å². The first kappa shape index (κ1) is 11.2. The van der Waals surface area contributed by atoms with Crippen molar-refractivity contribution >= 4 is 17.1 Å². The Morgan fingerprint density at radius 2 is 1.35 bits per heavy atom. The second-order valence-electron chi connectivity index (χ2n) is 3.36. The highest BCUT2D eigenvalue weighted by atomic mass is 19.1. The largest absolute Gasteiger partial charge is 0.394 e. The number of azo groups is 1. The molecule has 86 valence electrons. The lowest BCUT2D eigenvalue weighted by Gasteiger charge is -1.99. The van der Waals surface area contributed by atoms with Crippen molar-refractivity contribution in [2.24, 2.45) is 10.2 Å². The fourth-order valence-electron chi connectivity index (χ4n) is 1.24. The third kappa shape index (κ3) is 2.63. The Bertz CT molecular complexity index is 530. The summed E-state index contributed by atoms with van der Waals surface area (Å²) in [4.78, 5) is 0. The number of hydrogen-bond donors (Lipinski definition) is 1. The van der Waals surface area contributed by atoms with Crippen molar-refractivity contribution in [1.29, 1.82) is 0 Å². The molecule has 17 heavy (non-hydrogen) atoms. The summed E-state index contributed by atoms with van der Waals surface area (Å²) < 4.78 is 26.2. The summed E-state index contributed by atoms with van der Waals surface area (Å²) in [5.74, 6) is -1.68.